The summed E-state index contributed by atoms with van der Waals surface area (Å²) in [5.74, 6) is 1.08. The van der Waals surface area contributed by atoms with Crippen LogP contribution < -0.4 is 4.90 Å². The fourth-order valence-electron chi connectivity index (χ4n) is 4.65. The molecule has 2 aliphatic rings. The number of aromatic nitrogens is 4. The Bertz CT molecular complexity index is 1040. The molecule has 0 saturated carbocycles. The van der Waals surface area contributed by atoms with Gasteiger partial charge >= 0.3 is 0 Å². The standard InChI is InChI=1S/C23H29N5O2/c1-23(2)11-8-18-19(14-23)27(3)25-20(18)22-24-21(26-30-22)15-4-6-16(7-5-15)28-12-9-17(29)10-13-28/h4-7,17,29H,8-14H2,1-3H3. The van der Waals surface area contributed by atoms with Gasteiger partial charge in [-0.15, -0.1) is 0 Å². The lowest BCUT2D eigenvalue weighted by molar-refractivity contribution is 0.145. The molecule has 0 amide bonds. The summed E-state index contributed by atoms with van der Waals surface area (Å²) >= 11 is 0. The Hall–Kier alpha value is -2.67. The van der Waals surface area contributed by atoms with Gasteiger partial charge in [0.2, 0.25) is 5.82 Å². The van der Waals surface area contributed by atoms with Gasteiger partial charge in [-0.3, -0.25) is 4.68 Å². The third-order valence-electron chi connectivity index (χ3n) is 6.56. The zero-order chi connectivity index (χ0) is 20.9. The number of nitrogens with zero attached hydrogens (tertiary/aromatic N) is 5. The SMILES string of the molecule is Cn1nc(-c2nc(-c3ccc(N4CCC(O)CC4)cc3)no2)c2c1CC(C)(C)CC2. The summed E-state index contributed by atoms with van der Waals surface area (Å²) in [7, 11) is 2.00. The molecule has 3 aromatic rings. The van der Waals surface area contributed by atoms with E-state index in [4.69, 9.17) is 9.62 Å². The lowest BCUT2D eigenvalue weighted by Gasteiger charge is -2.31. The van der Waals surface area contributed by atoms with Crippen LogP contribution >= 0.6 is 0 Å². The van der Waals surface area contributed by atoms with Crippen molar-refractivity contribution in [3.8, 4) is 23.0 Å². The first-order chi connectivity index (χ1) is 14.4. The van der Waals surface area contributed by atoms with E-state index in [1.807, 2.05) is 23.9 Å². The first kappa shape index (κ1) is 19.3. The fraction of sp³-hybridized carbons (Fsp3) is 0.522. The fourth-order valence-corrected chi connectivity index (χ4v) is 4.65. The van der Waals surface area contributed by atoms with Crippen molar-refractivity contribution >= 4 is 5.69 Å². The Morgan fingerprint density at radius 3 is 2.60 bits per heavy atom. The molecular weight excluding hydrogens is 378 g/mol. The number of aliphatic hydroxyl groups is 1. The second kappa shape index (κ2) is 7.23. The number of piperidine rings is 1. The van der Waals surface area contributed by atoms with Crippen LogP contribution in [0.15, 0.2) is 28.8 Å². The van der Waals surface area contributed by atoms with Gasteiger partial charge in [-0.25, -0.2) is 0 Å². The monoisotopic (exact) mass is 407 g/mol. The Morgan fingerprint density at radius 2 is 1.87 bits per heavy atom. The van der Waals surface area contributed by atoms with Crippen LogP contribution in [0.5, 0.6) is 0 Å². The number of aliphatic hydroxyl groups excluding tert-OH is 1. The van der Waals surface area contributed by atoms with Crippen LogP contribution in [0.2, 0.25) is 0 Å². The lowest BCUT2D eigenvalue weighted by Crippen LogP contribution is -2.35. The van der Waals surface area contributed by atoms with Gasteiger partial charge < -0.3 is 14.5 Å². The van der Waals surface area contributed by atoms with Crippen LogP contribution in [-0.4, -0.2) is 44.2 Å². The van der Waals surface area contributed by atoms with E-state index < -0.39 is 0 Å². The van der Waals surface area contributed by atoms with Gasteiger partial charge in [0.15, 0.2) is 5.69 Å². The lowest BCUT2D eigenvalue weighted by atomic mass is 9.76. The highest BCUT2D eigenvalue weighted by molar-refractivity contribution is 5.63. The van der Waals surface area contributed by atoms with Crippen molar-refractivity contribution in [2.24, 2.45) is 12.5 Å². The van der Waals surface area contributed by atoms with Crippen LogP contribution in [0.4, 0.5) is 5.69 Å². The number of fused-ring (bicyclic) bond motifs is 1. The maximum Gasteiger partial charge on any atom is 0.279 e. The van der Waals surface area contributed by atoms with E-state index in [-0.39, 0.29) is 6.10 Å². The van der Waals surface area contributed by atoms with E-state index in [0.29, 0.717) is 17.1 Å². The Balaban J connectivity index is 1.38. The average Bonchev–Trinajstić information content (AvgIpc) is 3.33. The van der Waals surface area contributed by atoms with Crippen LogP contribution in [0, 0.1) is 5.41 Å². The summed E-state index contributed by atoms with van der Waals surface area (Å²) < 4.78 is 7.59. The summed E-state index contributed by atoms with van der Waals surface area (Å²) in [6.45, 7) is 6.38. The molecule has 7 nitrogen and oxygen atoms in total. The molecule has 2 aromatic heterocycles. The number of aryl methyl sites for hydroxylation is 1. The molecule has 3 heterocycles. The van der Waals surface area contributed by atoms with E-state index >= 15 is 0 Å². The third kappa shape index (κ3) is 3.51. The molecule has 0 spiro atoms. The number of rotatable bonds is 3. The second-order valence-electron chi connectivity index (χ2n) is 9.43. The highest BCUT2D eigenvalue weighted by atomic mass is 16.5. The van der Waals surface area contributed by atoms with Crippen LogP contribution in [0.3, 0.4) is 0 Å². The minimum atomic E-state index is -0.165. The second-order valence-corrected chi connectivity index (χ2v) is 9.43. The molecule has 0 bridgehead atoms. The summed E-state index contributed by atoms with van der Waals surface area (Å²) in [5, 5.41) is 18.6. The predicted molar refractivity (Wildman–Crippen MR) is 115 cm³/mol. The van der Waals surface area contributed by atoms with Crippen molar-refractivity contribution in [3.63, 3.8) is 0 Å². The van der Waals surface area contributed by atoms with Gasteiger partial charge in [-0.2, -0.15) is 10.1 Å². The van der Waals surface area contributed by atoms with Crippen LogP contribution in [-0.2, 0) is 19.9 Å². The molecule has 1 aliphatic carbocycles. The van der Waals surface area contributed by atoms with E-state index in [9.17, 15) is 5.11 Å². The van der Waals surface area contributed by atoms with Gasteiger partial charge in [-0.05, 0) is 61.8 Å². The molecule has 158 valence electrons. The Labute approximate surface area is 176 Å². The molecule has 1 saturated heterocycles. The van der Waals surface area contributed by atoms with Crippen LogP contribution in [0.25, 0.3) is 23.0 Å². The highest BCUT2D eigenvalue weighted by Gasteiger charge is 2.32. The van der Waals surface area contributed by atoms with Crippen molar-refractivity contribution in [1.29, 1.82) is 0 Å². The molecular formula is C23H29N5O2. The molecule has 0 atom stereocenters. The normalized spacial score (nSPS) is 19.1. The molecule has 30 heavy (non-hydrogen) atoms. The molecule has 7 heteroatoms. The Kier molecular flexibility index (Phi) is 4.65. The molecule has 1 fully saturated rings. The van der Waals surface area contributed by atoms with E-state index in [1.54, 1.807) is 0 Å². The smallest absolute Gasteiger partial charge is 0.279 e. The summed E-state index contributed by atoms with van der Waals surface area (Å²) in [6, 6.07) is 8.25. The number of anilines is 1. The van der Waals surface area contributed by atoms with E-state index in [0.717, 1.165) is 62.1 Å². The molecule has 1 N–H and O–H groups in total. The first-order valence-corrected chi connectivity index (χ1v) is 10.8. The average molecular weight is 408 g/mol. The minimum absolute atomic E-state index is 0.165. The predicted octanol–water partition coefficient (Wildman–Crippen LogP) is 3.61. The summed E-state index contributed by atoms with van der Waals surface area (Å²) in [5.41, 5.74) is 5.73. The number of hydrogen-bond acceptors (Lipinski definition) is 6. The topological polar surface area (TPSA) is 80.2 Å². The zero-order valence-electron chi connectivity index (χ0n) is 17.9. The van der Waals surface area contributed by atoms with Crippen molar-refractivity contribution < 1.29 is 9.63 Å². The minimum Gasteiger partial charge on any atom is -0.393 e. The third-order valence-corrected chi connectivity index (χ3v) is 6.56. The van der Waals surface area contributed by atoms with Crippen molar-refractivity contribution in [1.82, 2.24) is 19.9 Å². The van der Waals surface area contributed by atoms with Gasteiger partial charge in [0.1, 0.15) is 0 Å². The zero-order valence-corrected chi connectivity index (χ0v) is 17.9. The van der Waals surface area contributed by atoms with Crippen molar-refractivity contribution in [2.45, 2.75) is 52.1 Å². The van der Waals surface area contributed by atoms with Crippen LogP contribution in [0.1, 0.15) is 44.4 Å². The summed E-state index contributed by atoms with van der Waals surface area (Å²) in [4.78, 5) is 6.97. The van der Waals surface area contributed by atoms with E-state index in [2.05, 4.69) is 41.0 Å². The highest BCUT2D eigenvalue weighted by Crippen LogP contribution is 2.38. The number of benzene rings is 1. The first-order valence-electron chi connectivity index (χ1n) is 10.8. The maximum atomic E-state index is 9.70. The molecule has 0 radical (unpaired) electrons. The van der Waals surface area contributed by atoms with Crippen molar-refractivity contribution in [3.05, 3.63) is 35.5 Å². The maximum absolute atomic E-state index is 9.70. The van der Waals surface area contributed by atoms with Gasteiger partial charge in [-0.1, -0.05) is 19.0 Å². The quantitative estimate of drug-likeness (QED) is 0.714. The van der Waals surface area contributed by atoms with Crippen molar-refractivity contribution in [2.75, 3.05) is 18.0 Å². The van der Waals surface area contributed by atoms with Gasteiger partial charge in [0.05, 0.1) is 6.10 Å². The Morgan fingerprint density at radius 1 is 1.13 bits per heavy atom. The molecule has 5 rings (SSSR count). The molecule has 1 aromatic carbocycles. The number of hydrogen-bond donors (Lipinski definition) is 1. The largest absolute Gasteiger partial charge is 0.393 e. The molecule has 0 unspecified atom stereocenters. The van der Waals surface area contributed by atoms with Gasteiger partial charge in [0.25, 0.3) is 5.89 Å². The van der Waals surface area contributed by atoms with Gasteiger partial charge in [0, 0.05) is 42.6 Å². The summed E-state index contributed by atoms with van der Waals surface area (Å²) in [6.07, 6.45) is 4.61. The molecule has 1 aliphatic heterocycles. The van der Waals surface area contributed by atoms with E-state index in [1.165, 1.54) is 11.3 Å².